The molecule has 1 aromatic heterocycles. The molecule has 108 valence electrons. The van der Waals surface area contributed by atoms with Gasteiger partial charge in [0.25, 0.3) is 0 Å². The number of sulfonamides is 1. The molecule has 5 nitrogen and oxygen atoms in total. The molecular weight excluding hydrogens is 298 g/mol. The van der Waals surface area contributed by atoms with Crippen LogP contribution >= 0.6 is 11.6 Å². The number of benzene rings is 1. The first-order chi connectivity index (χ1) is 9.38. The van der Waals surface area contributed by atoms with E-state index in [1.165, 1.54) is 10.9 Å². The summed E-state index contributed by atoms with van der Waals surface area (Å²) >= 11 is 5.80. The molecule has 2 rings (SSSR count). The number of halogens is 1. The molecule has 0 spiro atoms. The number of hydrogen-bond acceptors (Lipinski definition) is 3. The highest BCUT2D eigenvalue weighted by molar-refractivity contribution is 7.89. The van der Waals surface area contributed by atoms with Crippen LogP contribution in [0, 0.1) is 6.92 Å². The van der Waals surface area contributed by atoms with E-state index in [0.717, 1.165) is 5.56 Å². The highest BCUT2D eigenvalue weighted by Gasteiger charge is 2.18. The van der Waals surface area contributed by atoms with Crippen LogP contribution in [-0.4, -0.2) is 24.7 Å². The lowest BCUT2D eigenvalue weighted by atomic mass is 10.2. The molecule has 20 heavy (non-hydrogen) atoms. The number of aromatic nitrogens is 2. The van der Waals surface area contributed by atoms with Crippen LogP contribution in [0.15, 0.2) is 35.4 Å². The molecule has 7 heteroatoms. The summed E-state index contributed by atoms with van der Waals surface area (Å²) in [6, 6.07) is 7.34. The Morgan fingerprint density at radius 1 is 1.30 bits per heavy atom. The lowest BCUT2D eigenvalue weighted by molar-refractivity contribution is 0.581. The van der Waals surface area contributed by atoms with E-state index in [0.29, 0.717) is 23.7 Å². The molecule has 0 unspecified atom stereocenters. The molecular formula is C13H16ClN3O2S. The Kier molecular flexibility index (Phi) is 4.47. The average Bonchev–Trinajstić information content (AvgIpc) is 2.72. The van der Waals surface area contributed by atoms with E-state index in [1.807, 2.05) is 12.1 Å². The molecule has 0 bridgehead atoms. The van der Waals surface area contributed by atoms with E-state index >= 15 is 0 Å². The standard InChI is InChI=1S/C13H16ClN3O2S/c1-10-13(9-17(2)16-10)20(18,19)15-8-7-11-3-5-12(14)6-4-11/h3-6,9,15H,7-8H2,1-2H3. The summed E-state index contributed by atoms with van der Waals surface area (Å²) in [6.07, 6.45) is 2.11. The Hall–Kier alpha value is -1.37. The molecule has 1 heterocycles. The minimum absolute atomic E-state index is 0.219. The van der Waals surface area contributed by atoms with Gasteiger partial charge in [-0.3, -0.25) is 4.68 Å². The second kappa shape index (κ2) is 5.95. The largest absolute Gasteiger partial charge is 0.274 e. The van der Waals surface area contributed by atoms with Gasteiger partial charge in [-0.05, 0) is 31.0 Å². The summed E-state index contributed by atoms with van der Waals surface area (Å²) in [6.45, 7) is 2.01. The molecule has 0 saturated carbocycles. The third-order valence-corrected chi connectivity index (χ3v) is 4.69. The molecule has 0 aliphatic rings. The first kappa shape index (κ1) is 15.0. The minimum atomic E-state index is -3.51. The van der Waals surface area contributed by atoms with Crippen molar-refractivity contribution in [1.29, 1.82) is 0 Å². The van der Waals surface area contributed by atoms with Crippen LogP contribution in [0.25, 0.3) is 0 Å². The predicted molar refractivity (Wildman–Crippen MR) is 78.3 cm³/mol. The summed E-state index contributed by atoms with van der Waals surface area (Å²) in [5.74, 6) is 0. The molecule has 0 aliphatic carbocycles. The highest BCUT2D eigenvalue weighted by atomic mass is 35.5. The fraction of sp³-hybridized carbons (Fsp3) is 0.308. The van der Waals surface area contributed by atoms with Crippen molar-refractivity contribution in [3.63, 3.8) is 0 Å². The van der Waals surface area contributed by atoms with E-state index in [1.54, 1.807) is 26.1 Å². The van der Waals surface area contributed by atoms with Gasteiger partial charge < -0.3 is 0 Å². The van der Waals surface area contributed by atoms with Crippen LogP contribution in [-0.2, 0) is 23.5 Å². The van der Waals surface area contributed by atoms with Crippen molar-refractivity contribution in [3.8, 4) is 0 Å². The van der Waals surface area contributed by atoms with Gasteiger partial charge in [-0.1, -0.05) is 23.7 Å². The quantitative estimate of drug-likeness (QED) is 0.917. The Morgan fingerprint density at radius 2 is 1.95 bits per heavy atom. The zero-order valence-electron chi connectivity index (χ0n) is 11.3. The smallest absolute Gasteiger partial charge is 0.243 e. The first-order valence-corrected chi connectivity index (χ1v) is 7.99. The topological polar surface area (TPSA) is 64.0 Å². The summed E-state index contributed by atoms with van der Waals surface area (Å²) in [5.41, 5.74) is 1.52. The number of nitrogens with one attached hydrogen (secondary N) is 1. The number of aryl methyl sites for hydroxylation is 2. The number of hydrogen-bond donors (Lipinski definition) is 1. The monoisotopic (exact) mass is 313 g/mol. The third-order valence-electron chi connectivity index (χ3n) is 2.88. The van der Waals surface area contributed by atoms with E-state index in [4.69, 9.17) is 11.6 Å². The molecule has 0 amide bonds. The van der Waals surface area contributed by atoms with E-state index < -0.39 is 10.0 Å². The Labute approximate surface area is 123 Å². The van der Waals surface area contributed by atoms with E-state index in [-0.39, 0.29) is 4.90 Å². The molecule has 2 aromatic rings. The molecule has 0 aliphatic heterocycles. The number of nitrogens with zero attached hydrogens (tertiary/aromatic N) is 2. The zero-order valence-corrected chi connectivity index (χ0v) is 12.9. The van der Waals surface area contributed by atoms with E-state index in [2.05, 4.69) is 9.82 Å². The maximum Gasteiger partial charge on any atom is 0.243 e. The zero-order chi connectivity index (χ0) is 14.8. The Morgan fingerprint density at radius 3 is 2.50 bits per heavy atom. The van der Waals surface area contributed by atoms with Gasteiger partial charge >= 0.3 is 0 Å². The summed E-state index contributed by atoms with van der Waals surface area (Å²) in [4.78, 5) is 0.219. The van der Waals surface area contributed by atoms with Crippen LogP contribution in [0.2, 0.25) is 5.02 Å². The van der Waals surface area contributed by atoms with Crippen molar-refractivity contribution in [1.82, 2.24) is 14.5 Å². The van der Waals surface area contributed by atoms with Crippen molar-refractivity contribution in [2.75, 3.05) is 6.54 Å². The molecule has 0 saturated heterocycles. The van der Waals surface area contributed by atoms with Crippen LogP contribution in [0.3, 0.4) is 0 Å². The van der Waals surface area contributed by atoms with Gasteiger partial charge in [-0.2, -0.15) is 5.10 Å². The second-order valence-electron chi connectivity index (χ2n) is 4.53. The Bertz CT molecular complexity index is 693. The first-order valence-electron chi connectivity index (χ1n) is 6.13. The van der Waals surface area contributed by atoms with Crippen LogP contribution in [0.4, 0.5) is 0 Å². The van der Waals surface area contributed by atoms with Gasteiger partial charge in [0.05, 0.1) is 5.69 Å². The molecule has 0 fully saturated rings. The van der Waals surface area contributed by atoms with Gasteiger partial charge in [0, 0.05) is 24.8 Å². The van der Waals surface area contributed by atoms with Crippen molar-refractivity contribution in [2.24, 2.45) is 7.05 Å². The fourth-order valence-electron chi connectivity index (χ4n) is 1.90. The van der Waals surface area contributed by atoms with Gasteiger partial charge in [0.1, 0.15) is 4.90 Å². The summed E-state index contributed by atoms with van der Waals surface area (Å²) in [5, 5.41) is 4.70. The maximum atomic E-state index is 12.1. The Balaban J connectivity index is 1.99. The highest BCUT2D eigenvalue weighted by Crippen LogP contribution is 2.13. The summed E-state index contributed by atoms with van der Waals surface area (Å²) < 4.78 is 28.3. The third kappa shape index (κ3) is 3.59. The molecule has 1 aromatic carbocycles. The SMILES string of the molecule is Cc1nn(C)cc1S(=O)(=O)NCCc1ccc(Cl)cc1. The molecule has 0 atom stereocenters. The van der Waals surface area contributed by atoms with Gasteiger partial charge in [0.2, 0.25) is 10.0 Å². The summed E-state index contributed by atoms with van der Waals surface area (Å²) in [7, 11) is -1.81. The number of rotatable bonds is 5. The predicted octanol–water partition coefficient (Wildman–Crippen LogP) is 1.90. The fourth-order valence-corrected chi connectivity index (χ4v) is 3.27. The van der Waals surface area contributed by atoms with Crippen molar-refractivity contribution >= 4 is 21.6 Å². The van der Waals surface area contributed by atoms with E-state index in [9.17, 15) is 8.42 Å². The van der Waals surface area contributed by atoms with Crippen molar-refractivity contribution in [2.45, 2.75) is 18.2 Å². The van der Waals surface area contributed by atoms with Crippen LogP contribution < -0.4 is 4.72 Å². The maximum absolute atomic E-state index is 12.1. The van der Waals surface area contributed by atoms with Gasteiger partial charge in [-0.25, -0.2) is 13.1 Å². The lowest BCUT2D eigenvalue weighted by Crippen LogP contribution is -2.26. The van der Waals surface area contributed by atoms with Crippen molar-refractivity contribution < 1.29 is 8.42 Å². The van der Waals surface area contributed by atoms with Gasteiger partial charge in [0.15, 0.2) is 0 Å². The van der Waals surface area contributed by atoms with Crippen LogP contribution in [0.5, 0.6) is 0 Å². The average molecular weight is 314 g/mol. The molecule has 0 radical (unpaired) electrons. The minimum Gasteiger partial charge on any atom is -0.274 e. The van der Waals surface area contributed by atoms with Gasteiger partial charge in [-0.15, -0.1) is 0 Å². The van der Waals surface area contributed by atoms with Crippen LogP contribution in [0.1, 0.15) is 11.3 Å². The molecule has 1 N–H and O–H groups in total. The lowest BCUT2D eigenvalue weighted by Gasteiger charge is -2.05. The second-order valence-corrected chi connectivity index (χ2v) is 6.70. The normalized spacial score (nSPS) is 11.8. The van der Waals surface area contributed by atoms with Crippen molar-refractivity contribution in [3.05, 3.63) is 46.7 Å².